The van der Waals surface area contributed by atoms with Crippen molar-refractivity contribution in [3.63, 3.8) is 0 Å². The molecule has 20 heavy (non-hydrogen) atoms. The predicted octanol–water partition coefficient (Wildman–Crippen LogP) is 4.55. The Bertz CT molecular complexity index is 650. The lowest BCUT2D eigenvalue weighted by Gasteiger charge is -2.03. The number of carboxylic acids is 1. The summed E-state index contributed by atoms with van der Waals surface area (Å²) in [4.78, 5) is 11.5. The summed E-state index contributed by atoms with van der Waals surface area (Å²) in [7, 11) is 0. The molecule has 0 atom stereocenters. The highest BCUT2D eigenvalue weighted by Gasteiger charge is 2.24. The molecular weight excluding hydrogens is 301 g/mol. The van der Waals surface area contributed by atoms with E-state index in [-0.39, 0.29) is 17.2 Å². The molecule has 0 spiro atoms. The molecule has 2 rings (SSSR count). The van der Waals surface area contributed by atoms with E-state index in [0.717, 1.165) is 0 Å². The zero-order valence-corrected chi connectivity index (χ0v) is 12.5. The number of benzene rings is 1. The topological polar surface area (TPSA) is 63.3 Å². The van der Waals surface area contributed by atoms with Crippen molar-refractivity contribution in [3.05, 3.63) is 39.6 Å². The molecule has 0 fully saturated rings. The van der Waals surface area contributed by atoms with E-state index in [9.17, 15) is 9.90 Å². The fourth-order valence-corrected chi connectivity index (χ4v) is 2.19. The van der Waals surface area contributed by atoms with E-state index in [1.54, 1.807) is 18.2 Å². The van der Waals surface area contributed by atoms with Crippen LogP contribution < -0.4 is 0 Å². The van der Waals surface area contributed by atoms with Gasteiger partial charge in [-0.15, -0.1) is 0 Å². The van der Waals surface area contributed by atoms with E-state index in [1.807, 2.05) is 13.8 Å². The minimum Gasteiger partial charge on any atom is -0.477 e. The van der Waals surface area contributed by atoms with Gasteiger partial charge in [0.2, 0.25) is 0 Å². The van der Waals surface area contributed by atoms with Crippen molar-refractivity contribution < 1.29 is 14.4 Å². The van der Waals surface area contributed by atoms with Crippen molar-refractivity contribution in [2.45, 2.75) is 20.3 Å². The molecule has 0 unspecified atom stereocenters. The third kappa shape index (κ3) is 2.97. The first-order valence-corrected chi connectivity index (χ1v) is 6.83. The number of nitrogens with zero attached hydrogens (tertiary/aromatic N) is 1. The van der Waals surface area contributed by atoms with Crippen molar-refractivity contribution >= 4 is 29.2 Å². The lowest BCUT2D eigenvalue weighted by atomic mass is 10.0. The fraction of sp³-hybridized carbons (Fsp3) is 0.286. The van der Waals surface area contributed by atoms with Gasteiger partial charge in [0.1, 0.15) is 11.3 Å². The van der Waals surface area contributed by atoms with Crippen LogP contribution in [0.5, 0.6) is 0 Å². The van der Waals surface area contributed by atoms with Crippen LogP contribution in [0.25, 0.3) is 11.3 Å². The normalized spacial score (nSPS) is 11.1. The van der Waals surface area contributed by atoms with Gasteiger partial charge in [-0.3, -0.25) is 0 Å². The maximum atomic E-state index is 11.5. The maximum Gasteiger partial charge on any atom is 0.341 e. The molecule has 2 aromatic rings. The second-order valence-corrected chi connectivity index (χ2v) is 5.68. The predicted molar refractivity (Wildman–Crippen MR) is 77.5 cm³/mol. The lowest BCUT2D eigenvalue weighted by Crippen LogP contribution is -2.04. The molecule has 0 amide bonds. The van der Waals surface area contributed by atoms with Crippen molar-refractivity contribution in [2.24, 2.45) is 5.92 Å². The Labute approximate surface area is 126 Å². The van der Waals surface area contributed by atoms with Gasteiger partial charge < -0.3 is 9.63 Å². The average molecular weight is 314 g/mol. The largest absolute Gasteiger partial charge is 0.477 e. The molecule has 1 N–H and O–H groups in total. The number of aromatic carboxylic acids is 1. The Morgan fingerprint density at radius 3 is 2.60 bits per heavy atom. The molecule has 1 aromatic heterocycles. The van der Waals surface area contributed by atoms with E-state index in [2.05, 4.69) is 5.16 Å². The Morgan fingerprint density at radius 1 is 1.35 bits per heavy atom. The smallest absolute Gasteiger partial charge is 0.341 e. The highest BCUT2D eigenvalue weighted by molar-refractivity contribution is 6.42. The Kier molecular flexibility index (Phi) is 4.35. The Hall–Kier alpha value is -1.52. The molecule has 1 heterocycles. The standard InChI is InChI=1S/C14H13Cl2NO3/c1-7(2)5-11-12(14(18)19)13(17-20-11)8-3-4-9(15)10(16)6-8/h3-4,6-7H,5H2,1-2H3,(H,18,19). The first-order chi connectivity index (χ1) is 9.40. The highest BCUT2D eigenvalue weighted by Crippen LogP contribution is 2.31. The Balaban J connectivity index is 2.53. The summed E-state index contributed by atoms with van der Waals surface area (Å²) in [6.07, 6.45) is 0.510. The third-order valence-corrected chi connectivity index (χ3v) is 3.50. The first-order valence-electron chi connectivity index (χ1n) is 6.07. The fourth-order valence-electron chi connectivity index (χ4n) is 1.90. The number of aromatic nitrogens is 1. The summed E-state index contributed by atoms with van der Waals surface area (Å²) in [6.45, 7) is 3.96. The zero-order valence-electron chi connectivity index (χ0n) is 11.0. The van der Waals surface area contributed by atoms with E-state index >= 15 is 0 Å². The molecule has 1 aromatic carbocycles. The van der Waals surface area contributed by atoms with Crippen LogP contribution in [0.15, 0.2) is 22.7 Å². The highest BCUT2D eigenvalue weighted by atomic mass is 35.5. The monoisotopic (exact) mass is 313 g/mol. The number of hydrogen-bond acceptors (Lipinski definition) is 3. The van der Waals surface area contributed by atoms with Crippen LogP contribution in [-0.2, 0) is 6.42 Å². The third-order valence-electron chi connectivity index (χ3n) is 2.76. The molecule has 0 aliphatic heterocycles. The van der Waals surface area contributed by atoms with Crippen LogP contribution in [0.2, 0.25) is 10.0 Å². The Morgan fingerprint density at radius 2 is 2.05 bits per heavy atom. The molecule has 0 aliphatic rings. The molecule has 0 radical (unpaired) electrons. The number of rotatable bonds is 4. The second kappa shape index (κ2) is 5.85. The van der Waals surface area contributed by atoms with Gasteiger partial charge in [-0.1, -0.05) is 48.3 Å². The van der Waals surface area contributed by atoms with Crippen LogP contribution in [0, 0.1) is 5.92 Å². The molecule has 0 saturated heterocycles. The van der Waals surface area contributed by atoms with Crippen molar-refractivity contribution in [2.75, 3.05) is 0 Å². The van der Waals surface area contributed by atoms with Crippen LogP contribution in [0.1, 0.15) is 30.0 Å². The minimum atomic E-state index is -1.07. The van der Waals surface area contributed by atoms with E-state index in [4.69, 9.17) is 27.7 Å². The molecule has 4 nitrogen and oxygen atoms in total. The van der Waals surface area contributed by atoms with E-state index in [0.29, 0.717) is 27.8 Å². The van der Waals surface area contributed by atoms with Gasteiger partial charge in [0.05, 0.1) is 10.0 Å². The van der Waals surface area contributed by atoms with Crippen molar-refractivity contribution in [1.82, 2.24) is 5.16 Å². The van der Waals surface area contributed by atoms with Crippen molar-refractivity contribution in [3.8, 4) is 11.3 Å². The van der Waals surface area contributed by atoms with Crippen molar-refractivity contribution in [1.29, 1.82) is 0 Å². The summed E-state index contributed by atoms with van der Waals surface area (Å²) >= 11 is 11.8. The summed E-state index contributed by atoms with van der Waals surface area (Å²) in [5.41, 5.74) is 0.916. The number of halogens is 2. The SMILES string of the molecule is CC(C)Cc1onc(-c2ccc(Cl)c(Cl)c2)c1C(=O)O. The molecule has 0 aliphatic carbocycles. The van der Waals surface area contributed by atoms with Gasteiger partial charge in [0, 0.05) is 12.0 Å². The lowest BCUT2D eigenvalue weighted by molar-refractivity contribution is 0.0695. The summed E-state index contributed by atoms with van der Waals surface area (Å²) in [5.74, 6) is -0.431. The van der Waals surface area contributed by atoms with Crippen LogP contribution in [0.3, 0.4) is 0 Å². The summed E-state index contributed by atoms with van der Waals surface area (Å²) in [6, 6.07) is 4.84. The van der Waals surface area contributed by atoms with Crippen LogP contribution >= 0.6 is 23.2 Å². The van der Waals surface area contributed by atoms with Gasteiger partial charge in [0.15, 0.2) is 5.76 Å². The summed E-state index contributed by atoms with van der Waals surface area (Å²) < 4.78 is 5.19. The van der Waals surface area contributed by atoms with E-state index < -0.39 is 5.97 Å². The molecule has 106 valence electrons. The number of carbonyl (C=O) groups is 1. The maximum absolute atomic E-state index is 11.5. The van der Waals surface area contributed by atoms with Gasteiger partial charge in [-0.05, 0) is 18.1 Å². The van der Waals surface area contributed by atoms with Crippen LogP contribution in [-0.4, -0.2) is 16.2 Å². The zero-order chi connectivity index (χ0) is 14.9. The van der Waals surface area contributed by atoms with Gasteiger partial charge in [-0.2, -0.15) is 0 Å². The number of carboxylic acid groups (broad SMARTS) is 1. The van der Waals surface area contributed by atoms with Gasteiger partial charge >= 0.3 is 5.97 Å². The van der Waals surface area contributed by atoms with Gasteiger partial charge in [-0.25, -0.2) is 4.79 Å². The van der Waals surface area contributed by atoms with E-state index in [1.165, 1.54) is 0 Å². The minimum absolute atomic E-state index is 0.0806. The average Bonchev–Trinajstić information content (AvgIpc) is 2.75. The van der Waals surface area contributed by atoms with Gasteiger partial charge in [0.25, 0.3) is 0 Å². The first kappa shape index (κ1) is 14.9. The number of hydrogen-bond donors (Lipinski definition) is 1. The molecule has 6 heteroatoms. The van der Waals surface area contributed by atoms with Crippen LogP contribution in [0.4, 0.5) is 0 Å². The quantitative estimate of drug-likeness (QED) is 0.899. The molecule has 0 bridgehead atoms. The molecule has 0 saturated carbocycles. The summed E-state index contributed by atoms with van der Waals surface area (Å²) in [5, 5.41) is 14.0. The molecular formula is C14H13Cl2NO3. The second-order valence-electron chi connectivity index (χ2n) is 4.86.